The highest BCUT2D eigenvalue weighted by Crippen LogP contribution is 1.86. The SMILES string of the molecule is C=CCCC=C.Cl. The molecule has 0 aliphatic carbocycles. The molecule has 0 saturated heterocycles. The van der Waals surface area contributed by atoms with Crippen molar-refractivity contribution in [3.05, 3.63) is 25.3 Å². The fraction of sp³-hybridized carbons (Fsp3) is 0.333. The summed E-state index contributed by atoms with van der Waals surface area (Å²) >= 11 is 0. The molecule has 0 fully saturated rings. The zero-order valence-electron chi connectivity index (χ0n) is 4.39. The van der Waals surface area contributed by atoms with Crippen molar-refractivity contribution >= 4 is 12.4 Å². The van der Waals surface area contributed by atoms with E-state index in [1.807, 2.05) is 12.2 Å². The van der Waals surface area contributed by atoms with Gasteiger partial charge >= 0.3 is 0 Å². The van der Waals surface area contributed by atoms with Crippen LogP contribution in [0.5, 0.6) is 0 Å². The van der Waals surface area contributed by atoms with Gasteiger partial charge in [0, 0.05) is 0 Å². The molecule has 0 aromatic carbocycles. The van der Waals surface area contributed by atoms with E-state index in [4.69, 9.17) is 0 Å². The minimum atomic E-state index is 0. The van der Waals surface area contributed by atoms with Crippen molar-refractivity contribution in [3.8, 4) is 0 Å². The van der Waals surface area contributed by atoms with Crippen molar-refractivity contribution in [3.63, 3.8) is 0 Å². The topological polar surface area (TPSA) is 0 Å². The highest BCUT2D eigenvalue weighted by molar-refractivity contribution is 5.85. The van der Waals surface area contributed by atoms with Crippen LogP contribution in [0, 0.1) is 0 Å². The summed E-state index contributed by atoms with van der Waals surface area (Å²) in [5.74, 6) is 0. The Hall–Kier alpha value is -0.230. The number of rotatable bonds is 3. The molecular formula is C6H11Cl. The van der Waals surface area contributed by atoms with E-state index in [-0.39, 0.29) is 12.4 Å². The zero-order valence-corrected chi connectivity index (χ0v) is 5.21. The lowest BCUT2D eigenvalue weighted by atomic mass is 10.3. The van der Waals surface area contributed by atoms with E-state index in [0.717, 1.165) is 12.8 Å². The number of hydrogen-bond donors (Lipinski definition) is 0. The van der Waals surface area contributed by atoms with Gasteiger partial charge in [-0.05, 0) is 12.8 Å². The van der Waals surface area contributed by atoms with Crippen LogP contribution in [0.25, 0.3) is 0 Å². The predicted octanol–water partition coefficient (Wildman–Crippen LogP) is 2.56. The third-order valence-electron chi connectivity index (χ3n) is 0.575. The standard InChI is InChI=1S/C6H10.ClH/c1-3-5-6-4-2;/h3-4H,1-2,5-6H2;1H. The van der Waals surface area contributed by atoms with E-state index in [1.54, 1.807) is 0 Å². The van der Waals surface area contributed by atoms with Crippen molar-refractivity contribution in [1.82, 2.24) is 0 Å². The average Bonchev–Trinajstić information content (AvgIpc) is 1.61. The van der Waals surface area contributed by atoms with Crippen LogP contribution in [0.2, 0.25) is 0 Å². The van der Waals surface area contributed by atoms with E-state index < -0.39 is 0 Å². The van der Waals surface area contributed by atoms with Crippen LogP contribution in [0.3, 0.4) is 0 Å². The van der Waals surface area contributed by atoms with Gasteiger partial charge in [-0.3, -0.25) is 0 Å². The second-order valence-corrected chi connectivity index (χ2v) is 1.15. The second-order valence-electron chi connectivity index (χ2n) is 1.15. The molecule has 0 heterocycles. The molecule has 0 rings (SSSR count). The normalized spacial score (nSPS) is 6.29. The van der Waals surface area contributed by atoms with E-state index >= 15 is 0 Å². The van der Waals surface area contributed by atoms with Crippen LogP contribution >= 0.6 is 12.4 Å². The quantitative estimate of drug-likeness (QED) is 0.395. The van der Waals surface area contributed by atoms with Crippen LogP contribution in [-0.4, -0.2) is 0 Å². The minimum Gasteiger partial charge on any atom is -0.147 e. The molecular weight excluding hydrogens is 108 g/mol. The molecule has 0 amide bonds. The van der Waals surface area contributed by atoms with Gasteiger partial charge < -0.3 is 0 Å². The molecule has 1 heteroatoms. The van der Waals surface area contributed by atoms with Gasteiger partial charge in [0.25, 0.3) is 0 Å². The summed E-state index contributed by atoms with van der Waals surface area (Å²) in [5, 5.41) is 0. The minimum absolute atomic E-state index is 0. The molecule has 0 unspecified atom stereocenters. The molecule has 0 radical (unpaired) electrons. The summed E-state index contributed by atoms with van der Waals surface area (Å²) in [6.07, 6.45) is 5.90. The number of halogens is 1. The lowest BCUT2D eigenvalue weighted by molar-refractivity contribution is 1.06. The van der Waals surface area contributed by atoms with Gasteiger partial charge in [0.1, 0.15) is 0 Å². The number of allylic oxidation sites excluding steroid dienone is 2. The average molecular weight is 119 g/mol. The fourth-order valence-corrected chi connectivity index (χ4v) is 0.236. The first-order chi connectivity index (χ1) is 2.91. The van der Waals surface area contributed by atoms with E-state index in [1.165, 1.54) is 0 Å². The smallest absolute Gasteiger partial charge is 0.0319 e. The maximum absolute atomic E-state index is 3.55. The molecule has 42 valence electrons. The molecule has 7 heavy (non-hydrogen) atoms. The molecule has 0 atom stereocenters. The molecule has 0 saturated carbocycles. The molecule has 0 spiro atoms. The molecule has 0 nitrogen and oxygen atoms in total. The monoisotopic (exact) mass is 118 g/mol. The highest BCUT2D eigenvalue weighted by atomic mass is 35.5. The third-order valence-corrected chi connectivity index (χ3v) is 0.575. The van der Waals surface area contributed by atoms with Crippen LogP contribution < -0.4 is 0 Å². The first-order valence-corrected chi connectivity index (χ1v) is 2.13. The molecule has 0 bridgehead atoms. The van der Waals surface area contributed by atoms with Crippen molar-refractivity contribution in [2.45, 2.75) is 12.8 Å². The van der Waals surface area contributed by atoms with Crippen molar-refractivity contribution < 1.29 is 0 Å². The van der Waals surface area contributed by atoms with Crippen molar-refractivity contribution in [1.29, 1.82) is 0 Å². The summed E-state index contributed by atoms with van der Waals surface area (Å²) < 4.78 is 0. The number of unbranched alkanes of at least 4 members (excludes halogenated alkanes) is 1. The zero-order chi connectivity index (χ0) is 4.83. The van der Waals surface area contributed by atoms with Crippen LogP contribution in [0.1, 0.15) is 12.8 Å². The van der Waals surface area contributed by atoms with Gasteiger partial charge in [0.05, 0.1) is 0 Å². The van der Waals surface area contributed by atoms with Crippen LogP contribution in [0.4, 0.5) is 0 Å². The Balaban J connectivity index is 0. The Kier molecular flexibility index (Phi) is 13.1. The molecule has 0 N–H and O–H groups in total. The van der Waals surface area contributed by atoms with Gasteiger partial charge in [-0.15, -0.1) is 25.6 Å². The van der Waals surface area contributed by atoms with Gasteiger partial charge in [-0.1, -0.05) is 12.2 Å². The molecule has 0 aromatic rings. The lowest BCUT2D eigenvalue weighted by Crippen LogP contribution is -1.56. The van der Waals surface area contributed by atoms with Gasteiger partial charge in [-0.2, -0.15) is 0 Å². The van der Waals surface area contributed by atoms with Crippen molar-refractivity contribution in [2.24, 2.45) is 0 Å². The Morgan fingerprint density at radius 2 is 1.29 bits per heavy atom. The highest BCUT2D eigenvalue weighted by Gasteiger charge is 1.66. The molecule has 0 aliphatic heterocycles. The Morgan fingerprint density at radius 1 is 1.00 bits per heavy atom. The van der Waals surface area contributed by atoms with Gasteiger partial charge in [0.15, 0.2) is 0 Å². The first kappa shape index (κ1) is 9.91. The van der Waals surface area contributed by atoms with Gasteiger partial charge in [-0.25, -0.2) is 0 Å². The predicted molar refractivity (Wildman–Crippen MR) is 36.9 cm³/mol. The largest absolute Gasteiger partial charge is 0.147 e. The second kappa shape index (κ2) is 9.24. The first-order valence-electron chi connectivity index (χ1n) is 2.13. The Morgan fingerprint density at radius 3 is 1.43 bits per heavy atom. The van der Waals surface area contributed by atoms with Gasteiger partial charge in [0.2, 0.25) is 0 Å². The summed E-state index contributed by atoms with van der Waals surface area (Å²) in [4.78, 5) is 0. The summed E-state index contributed by atoms with van der Waals surface area (Å²) in [6.45, 7) is 7.10. The van der Waals surface area contributed by atoms with E-state index in [2.05, 4.69) is 13.2 Å². The maximum atomic E-state index is 3.55. The van der Waals surface area contributed by atoms with E-state index in [0.29, 0.717) is 0 Å². The number of hydrogen-bond acceptors (Lipinski definition) is 0. The summed E-state index contributed by atoms with van der Waals surface area (Å²) in [5.41, 5.74) is 0. The van der Waals surface area contributed by atoms with Crippen molar-refractivity contribution in [2.75, 3.05) is 0 Å². The lowest BCUT2D eigenvalue weighted by Gasteiger charge is -1.76. The summed E-state index contributed by atoms with van der Waals surface area (Å²) in [6, 6.07) is 0. The third kappa shape index (κ3) is 10.7. The maximum Gasteiger partial charge on any atom is -0.0319 e. The Bertz CT molecular complexity index is 40.1. The summed E-state index contributed by atoms with van der Waals surface area (Å²) in [7, 11) is 0. The van der Waals surface area contributed by atoms with Crippen LogP contribution in [0.15, 0.2) is 25.3 Å². The molecule has 0 aliphatic rings. The fourth-order valence-electron chi connectivity index (χ4n) is 0.236. The Labute approximate surface area is 51.3 Å². The molecule has 0 aromatic heterocycles. The van der Waals surface area contributed by atoms with Crippen LogP contribution in [-0.2, 0) is 0 Å². The van der Waals surface area contributed by atoms with E-state index in [9.17, 15) is 0 Å².